The Bertz CT molecular complexity index is 2730. The van der Waals surface area contributed by atoms with Gasteiger partial charge >= 0.3 is 0 Å². The number of fused-ring (bicyclic) bond motifs is 2. The number of benzene rings is 6. The molecule has 1 aliphatic heterocycles. The molecular formula is C45H35N2O7S3-. The van der Waals surface area contributed by atoms with E-state index >= 15 is 0 Å². The average Bonchev–Trinajstić information content (AvgIpc) is 3.75. The Morgan fingerprint density at radius 3 is 2.16 bits per heavy atom. The van der Waals surface area contributed by atoms with Gasteiger partial charge in [0, 0.05) is 28.7 Å². The first kappa shape index (κ1) is 38.3. The lowest BCUT2D eigenvalue weighted by molar-refractivity contribution is -0.777. The van der Waals surface area contributed by atoms with Crippen LogP contribution in [0.15, 0.2) is 173 Å². The molecule has 9 nitrogen and oxygen atoms in total. The molecule has 1 aromatic heterocycles. The topological polar surface area (TPSA) is 115 Å². The van der Waals surface area contributed by atoms with Gasteiger partial charge in [-0.3, -0.25) is 5.04 Å². The van der Waals surface area contributed by atoms with Crippen molar-refractivity contribution in [1.82, 2.24) is 0 Å². The molecule has 286 valence electrons. The molecular weight excluding hydrogens is 777 g/mol. The third-order valence-electron chi connectivity index (χ3n) is 9.72. The number of nitrogens with zero attached hydrogens (tertiary/aromatic N) is 2. The number of rotatable bonds is 13. The fourth-order valence-corrected chi connectivity index (χ4v) is 9.20. The quantitative estimate of drug-likeness (QED) is 0.0369. The standard InChI is InChI=1S/C45H36N2O7S3/c1-2-31(25-44-46(29-36-17-9-11-19-41(36)56-54-53-48)38-27-34(21-23-40(38)52-44)32-13-5-3-6-14-32)26-45-47(30-37-18-10-12-20-43(37)57(49,50)51)39-28-35(22-24-42(39)55-45)33-15-7-4-8-16-33/h3-28H,2,29-30H2,1H3,(H-,48,49,50,51)/p-1. The number of allylic oxidation sites excluding steroid dienone is 2. The van der Waals surface area contributed by atoms with Crippen molar-refractivity contribution in [3.8, 4) is 28.0 Å². The Morgan fingerprint density at radius 1 is 0.807 bits per heavy atom. The molecule has 6 aromatic carbocycles. The van der Waals surface area contributed by atoms with E-state index in [-0.39, 0.29) is 11.4 Å². The molecule has 7 aromatic rings. The first-order valence-electron chi connectivity index (χ1n) is 18.1. The van der Waals surface area contributed by atoms with Crippen molar-refractivity contribution in [2.24, 2.45) is 0 Å². The molecule has 0 aliphatic carbocycles. The van der Waals surface area contributed by atoms with Crippen molar-refractivity contribution in [2.45, 2.75) is 36.2 Å². The van der Waals surface area contributed by atoms with Gasteiger partial charge in [0.25, 0.3) is 5.01 Å². The zero-order valence-electron chi connectivity index (χ0n) is 30.6. The van der Waals surface area contributed by atoms with E-state index < -0.39 is 10.1 Å². The summed E-state index contributed by atoms with van der Waals surface area (Å²) in [6.45, 7) is 2.62. The molecule has 57 heavy (non-hydrogen) atoms. The van der Waals surface area contributed by atoms with Crippen LogP contribution >= 0.6 is 23.4 Å². The Hall–Kier alpha value is -5.57. The largest absolute Gasteiger partial charge is 0.744 e. The lowest BCUT2D eigenvalue weighted by Crippen LogP contribution is -2.36. The molecule has 0 spiro atoms. The first-order valence-corrected chi connectivity index (χ1v) is 21.1. The highest BCUT2D eigenvalue weighted by Gasteiger charge is 2.29. The predicted molar refractivity (Wildman–Crippen MR) is 220 cm³/mol. The fourth-order valence-electron chi connectivity index (χ4n) is 6.91. The Morgan fingerprint density at radius 2 is 1.46 bits per heavy atom. The fraction of sp³-hybridized carbons (Fsp3) is 0.0889. The van der Waals surface area contributed by atoms with Crippen molar-refractivity contribution in [3.63, 3.8) is 0 Å². The molecule has 2 heterocycles. The summed E-state index contributed by atoms with van der Waals surface area (Å²) in [6.07, 6.45) is 4.76. The molecule has 0 saturated heterocycles. The summed E-state index contributed by atoms with van der Waals surface area (Å²) in [5.41, 5.74) is 8.19. The number of hydrogen-bond donors (Lipinski definition) is 0. The Labute approximate surface area is 339 Å². The summed E-state index contributed by atoms with van der Waals surface area (Å²) < 4.78 is 51.6. The van der Waals surface area contributed by atoms with Crippen LogP contribution in [-0.2, 0) is 32.6 Å². The van der Waals surface area contributed by atoms with Gasteiger partial charge in [0.15, 0.2) is 12.3 Å². The summed E-state index contributed by atoms with van der Waals surface area (Å²) in [7, 11) is -4.72. The van der Waals surface area contributed by atoms with Gasteiger partial charge in [0.2, 0.25) is 11.4 Å². The molecule has 0 N–H and O–H groups in total. The van der Waals surface area contributed by atoms with Crippen molar-refractivity contribution in [1.29, 1.82) is 0 Å². The number of ether oxygens (including phenoxy) is 1. The van der Waals surface area contributed by atoms with E-state index in [0.29, 0.717) is 35.1 Å². The van der Waals surface area contributed by atoms with Gasteiger partial charge in [0.05, 0.1) is 29.2 Å². The van der Waals surface area contributed by atoms with Gasteiger partial charge in [-0.05, 0) is 70.1 Å². The van der Waals surface area contributed by atoms with Crippen LogP contribution < -0.4 is 19.5 Å². The monoisotopic (exact) mass is 811 g/mol. The van der Waals surface area contributed by atoms with Gasteiger partial charge in [-0.25, -0.2) is 8.42 Å². The highest BCUT2D eigenvalue weighted by molar-refractivity contribution is 7.94. The molecule has 0 atom stereocenters. The highest BCUT2D eigenvalue weighted by atomic mass is 32.2. The molecule has 0 fully saturated rings. The lowest BCUT2D eigenvalue weighted by atomic mass is 10.0. The van der Waals surface area contributed by atoms with Gasteiger partial charge in [-0.15, -0.1) is 0 Å². The van der Waals surface area contributed by atoms with Crippen LogP contribution in [0.2, 0.25) is 0 Å². The second kappa shape index (κ2) is 16.9. The zero-order valence-corrected chi connectivity index (χ0v) is 33.1. The summed E-state index contributed by atoms with van der Waals surface area (Å²) in [4.78, 5) is 2.58. The Kier molecular flexibility index (Phi) is 11.3. The van der Waals surface area contributed by atoms with E-state index in [1.54, 1.807) is 29.5 Å². The summed E-state index contributed by atoms with van der Waals surface area (Å²) in [5, 5.41) is 15.3. The van der Waals surface area contributed by atoms with Crippen LogP contribution in [0.3, 0.4) is 0 Å². The molecule has 0 saturated carbocycles. The van der Waals surface area contributed by atoms with Gasteiger partial charge in [-0.2, -0.15) is 8.90 Å². The number of hydrogen-bond acceptors (Lipinski definition) is 10. The van der Waals surface area contributed by atoms with Crippen LogP contribution in [-0.4, -0.2) is 13.0 Å². The van der Waals surface area contributed by atoms with Crippen LogP contribution in [0, 0.1) is 0 Å². The van der Waals surface area contributed by atoms with Gasteiger partial charge < -0.3 is 19.4 Å². The lowest BCUT2D eigenvalue weighted by Gasteiger charge is -2.21. The minimum Gasteiger partial charge on any atom is -0.744 e. The van der Waals surface area contributed by atoms with Crippen molar-refractivity contribution >= 4 is 55.5 Å². The summed E-state index contributed by atoms with van der Waals surface area (Å²) in [6, 6.07) is 46.6. The highest BCUT2D eigenvalue weighted by Crippen LogP contribution is 2.44. The first-order chi connectivity index (χ1) is 27.8. The predicted octanol–water partition coefficient (Wildman–Crippen LogP) is 9.44. The maximum absolute atomic E-state index is 12.4. The molecule has 1 aliphatic rings. The van der Waals surface area contributed by atoms with Crippen LogP contribution in [0.25, 0.3) is 38.5 Å². The summed E-state index contributed by atoms with van der Waals surface area (Å²) in [5.74, 6) is 1.30. The molecule has 12 heteroatoms. The maximum atomic E-state index is 12.4. The number of thiazole rings is 1. The van der Waals surface area contributed by atoms with E-state index in [0.717, 1.165) is 66.3 Å². The van der Waals surface area contributed by atoms with Gasteiger partial charge in [-0.1, -0.05) is 127 Å². The molecule has 0 bridgehead atoms. The molecule has 0 amide bonds. The second-order valence-corrected chi connectivity index (χ2v) is 16.4. The van der Waals surface area contributed by atoms with E-state index in [1.807, 2.05) is 78.9 Å². The van der Waals surface area contributed by atoms with E-state index in [9.17, 15) is 18.2 Å². The second-order valence-electron chi connectivity index (χ2n) is 13.3. The third-order valence-corrected chi connectivity index (χ3v) is 12.5. The van der Waals surface area contributed by atoms with E-state index in [4.69, 9.17) is 9.07 Å². The summed E-state index contributed by atoms with van der Waals surface area (Å²) >= 11 is 2.43. The number of aromatic nitrogens is 1. The van der Waals surface area contributed by atoms with Crippen LogP contribution in [0.5, 0.6) is 5.75 Å². The number of anilines is 1. The van der Waals surface area contributed by atoms with E-state index in [1.165, 1.54) is 6.07 Å². The maximum Gasteiger partial charge on any atom is 0.263 e. The van der Waals surface area contributed by atoms with Gasteiger partial charge in [0.1, 0.15) is 14.8 Å². The van der Waals surface area contributed by atoms with Crippen molar-refractivity contribution in [2.75, 3.05) is 4.90 Å². The molecule has 8 rings (SSSR count). The van der Waals surface area contributed by atoms with Crippen LogP contribution in [0.4, 0.5) is 5.69 Å². The third kappa shape index (κ3) is 8.43. The molecule has 0 unspecified atom stereocenters. The average molecular weight is 812 g/mol. The van der Waals surface area contributed by atoms with Crippen LogP contribution in [0.1, 0.15) is 29.5 Å². The minimum absolute atomic E-state index is 0.162. The van der Waals surface area contributed by atoms with E-state index in [2.05, 4.69) is 76.0 Å². The minimum atomic E-state index is -4.72. The van der Waals surface area contributed by atoms with Crippen molar-refractivity contribution in [3.05, 3.63) is 179 Å². The van der Waals surface area contributed by atoms with Crippen molar-refractivity contribution < 1.29 is 36.9 Å². The normalized spacial score (nSPS) is 13.6. The molecule has 0 radical (unpaired) electrons. The zero-order chi connectivity index (χ0) is 39.4. The smallest absolute Gasteiger partial charge is 0.263 e. The SMILES string of the molecule is CCC(=Cc1sc2ccc(-c3ccccc3)cc2[n+]1Cc1ccccc1S(=O)(=O)[O-])C=C1Oc2ccc(-c3ccccc3)cc2N1Cc1ccccc1SOO[O-]. The Balaban J connectivity index is 1.25.